The van der Waals surface area contributed by atoms with Crippen LogP contribution in [0.15, 0.2) is 41.4 Å². The number of hydrogen-bond acceptors (Lipinski definition) is 2. The molecule has 80 valence electrons. The van der Waals surface area contributed by atoms with Crippen molar-refractivity contribution in [2.75, 3.05) is 13.2 Å². The number of amides is 2. The second kappa shape index (κ2) is 5.73. The molecule has 0 aromatic heterocycles. The maximum absolute atomic E-state index is 10.4. The Labute approximate surface area is 88.8 Å². The van der Waals surface area contributed by atoms with E-state index in [9.17, 15) is 4.79 Å². The molecule has 2 amide bonds. The van der Waals surface area contributed by atoms with Gasteiger partial charge in [-0.15, -0.1) is 5.73 Å². The molecule has 4 heteroatoms. The molecule has 15 heavy (non-hydrogen) atoms. The van der Waals surface area contributed by atoms with Crippen molar-refractivity contribution in [2.45, 2.75) is 6.92 Å². The minimum absolute atomic E-state index is 0.389. The number of ether oxygens (including phenoxy) is 1. The molecular formula is C11H14N2O2. The molecule has 0 saturated heterocycles. The van der Waals surface area contributed by atoms with E-state index < -0.39 is 6.03 Å². The molecule has 0 atom stereocenters. The highest BCUT2D eigenvalue weighted by Gasteiger charge is 1.95. The van der Waals surface area contributed by atoms with E-state index >= 15 is 0 Å². The maximum atomic E-state index is 10.4. The Kier molecular flexibility index (Phi) is 4.26. The van der Waals surface area contributed by atoms with E-state index in [1.165, 1.54) is 0 Å². The fourth-order valence-corrected chi connectivity index (χ4v) is 0.998. The zero-order valence-electron chi connectivity index (χ0n) is 8.62. The molecule has 0 unspecified atom stereocenters. The van der Waals surface area contributed by atoms with Crippen LogP contribution in [0.2, 0.25) is 0 Å². The molecule has 1 rings (SSSR count). The van der Waals surface area contributed by atoms with Gasteiger partial charge in [-0.2, -0.15) is 0 Å². The smallest absolute Gasteiger partial charge is 0.312 e. The lowest BCUT2D eigenvalue weighted by Crippen LogP contribution is -2.32. The van der Waals surface area contributed by atoms with Gasteiger partial charge in [-0.05, 0) is 24.6 Å². The maximum Gasteiger partial charge on any atom is 0.312 e. The number of rotatable bonds is 4. The number of nitrogens with two attached hydrogens (primary N) is 1. The Bertz CT molecular complexity index is 361. The molecule has 3 N–H and O–H groups in total. The lowest BCUT2D eigenvalue weighted by atomic mass is 10.3. The monoisotopic (exact) mass is 206 g/mol. The highest BCUT2D eigenvalue weighted by Crippen LogP contribution is 2.05. The Balaban J connectivity index is 2.34. The number of carbonyl (C=O) groups is 1. The first-order valence-corrected chi connectivity index (χ1v) is 4.65. The molecule has 0 bridgehead atoms. The fourth-order valence-electron chi connectivity index (χ4n) is 0.998. The van der Waals surface area contributed by atoms with E-state index in [1.54, 1.807) is 6.08 Å². The SMILES string of the molecule is CC1=CC=C(OCCNC(N)=O)C=C=C1. The molecule has 0 aromatic carbocycles. The molecular weight excluding hydrogens is 192 g/mol. The molecule has 0 aromatic rings. The molecule has 0 aliphatic heterocycles. The lowest BCUT2D eigenvalue weighted by Gasteiger charge is -2.05. The Morgan fingerprint density at radius 3 is 3.07 bits per heavy atom. The van der Waals surface area contributed by atoms with Gasteiger partial charge in [0, 0.05) is 6.08 Å². The standard InChI is InChI=1S/C11H14N2O2/c1-9-3-2-4-10(6-5-9)15-8-7-13-11(12)14/h3-6H,7-8H2,1H3,(H3,12,13,14). The molecule has 0 spiro atoms. The molecule has 0 radical (unpaired) electrons. The number of allylic oxidation sites excluding steroid dienone is 4. The van der Waals surface area contributed by atoms with Crippen molar-refractivity contribution in [2.24, 2.45) is 5.73 Å². The summed E-state index contributed by atoms with van der Waals surface area (Å²) in [6.45, 7) is 2.77. The van der Waals surface area contributed by atoms with Crippen LogP contribution in [0.4, 0.5) is 4.79 Å². The number of hydrogen-bond donors (Lipinski definition) is 2. The summed E-state index contributed by atoms with van der Waals surface area (Å²) in [5, 5.41) is 2.44. The number of urea groups is 1. The molecule has 0 saturated carbocycles. The van der Waals surface area contributed by atoms with E-state index in [0.717, 1.165) is 11.3 Å². The topological polar surface area (TPSA) is 64.3 Å². The number of nitrogens with one attached hydrogen (secondary N) is 1. The Hall–Kier alpha value is -1.93. The third-order valence-electron chi connectivity index (χ3n) is 1.72. The van der Waals surface area contributed by atoms with E-state index in [0.29, 0.717) is 13.2 Å². The predicted molar refractivity (Wildman–Crippen MR) is 58.0 cm³/mol. The summed E-state index contributed by atoms with van der Waals surface area (Å²) >= 11 is 0. The van der Waals surface area contributed by atoms with Gasteiger partial charge < -0.3 is 15.8 Å². The van der Waals surface area contributed by atoms with E-state index in [-0.39, 0.29) is 0 Å². The third-order valence-corrected chi connectivity index (χ3v) is 1.72. The molecule has 0 fully saturated rings. The van der Waals surface area contributed by atoms with Crippen LogP contribution in [-0.2, 0) is 4.74 Å². The third kappa shape index (κ3) is 4.74. The van der Waals surface area contributed by atoms with Crippen LogP contribution in [0.1, 0.15) is 6.92 Å². The first kappa shape index (κ1) is 11.1. The van der Waals surface area contributed by atoms with E-state index in [2.05, 4.69) is 11.0 Å². The summed E-state index contributed by atoms with van der Waals surface area (Å²) in [7, 11) is 0. The van der Waals surface area contributed by atoms with E-state index in [4.69, 9.17) is 10.5 Å². The fraction of sp³-hybridized carbons (Fsp3) is 0.273. The van der Waals surface area contributed by atoms with Crippen LogP contribution in [-0.4, -0.2) is 19.2 Å². The van der Waals surface area contributed by atoms with Crippen molar-refractivity contribution in [1.29, 1.82) is 0 Å². The average molecular weight is 206 g/mol. The lowest BCUT2D eigenvalue weighted by molar-refractivity contribution is 0.218. The summed E-state index contributed by atoms with van der Waals surface area (Å²) in [4.78, 5) is 10.4. The zero-order chi connectivity index (χ0) is 11.1. The van der Waals surface area contributed by atoms with Gasteiger partial charge in [0.1, 0.15) is 12.4 Å². The van der Waals surface area contributed by atoms with Crippen molar-refractivity contribution in [1.82, 2.24) is 5.32 Å². The van der Waals surface area contributed by atoms with Crippen molar-refractivity contribution in [3.05, 3.63) is 41.4 Å². The van der Waals surface area contributed by atoms with Crippen molar-refractivity contribution < 1.29 is 9.53 Å². The van der Waals surface area contributed by atoms with Crippen LogP contribution in [0.5, 0.6) is 0 Å². The van der Waals surface area contributed by atoms with Gasteiger partial charge in [0.25, 0.3) is 0 Å². The number of carbonyl (C=O) groups excluding carboxylic acids is 1. The largest absolute Gasteiger partial charge is 0.491 e. The van der Waals surface area contributed by atoms with Gasteiger partial charge in [-0.25, -0.2) is 4.79 Å². The van der Waals surface area contributed by atoms with Gasteiger partial charge in [-0.1, -0.05) is 6.08 Å². The molecule has 0 heterocycles. The second-order valence-corrected chi connectivity index (χ2v) is 3.07. The van der Waals surface area contributed by atoms with Crippen molar-refractivity contribution >= 4 is 6.03 Å². The first-order valence-electron chi connectivity index (χ1n) is 4.65. The van der Waals surface area contributed by atoms with Crippen LogP contribution >= 0.6 is 0 Å². The van der Waals surface area contributed by atoms with Gasteiger partial charge in [0.15, 0.2) is 0 Å². The molecule has 1 aliphatic rings. The van der Waals surface area contributed by atoms with Crippen LogP contribution in [0, 0.1) is 0 Å². The summed E-state index contributed by atoms with van der Waals surface area (Å²) < 4.78 is 5.37. The van der Waals surface area contributed by atoms with Gasteiger partial charge in [-0.3, -0.25) is 0 Å². The van der Waals surface area contributed by atoms with Crippen molar-refractivity contribution in [3.8, 4) is 0 Å². The predicted octanol–water partition coefficient (Wildman–Crippen LogP) is 1.23. The van der Waals surface area contributed by atoms with Crippen LogP contribution < -0.4 is 11.1 Å². The summed E-state index contributed by atoms with van der Waals surface area (Å²) in [5.41, 5.74) is 8.98. The minimum Gasteiger partial charge on any atom is -0.491 e. The highest BCUT2D eigenvalue weighted by molar-refractivity contribution is 5.71. The van der Waals surface area contributed by atoms with Crippen LogP contribution in [0.3, 0.4) is 0 Å². The highest BCUT2D eigenvalue weighted by atomic mass is 16.5. The quantitative estimate of drug-likeness (QED) is 0.536. The second-order valence-electron chi connectivity index (χ2n) is 3.07. The summed E-state index contributed by atoms with van der Waals surface area (Å²) in [5.74, 6) is 0.717. The normalized spacial score (nSPS) is 13.9. The van der Waals surface area contributed by atoms with Gasteiger partial charge in [0.05, 0.1) is 6.54 Å². The van der Waals surface area contributed by atoms with Crippen LogP contribution in [0.25, 0.3) is 0 Å². The first-order chi connectivity index (χ1) is 7.18. The number of primary amides is 1. The van der Waals surface area contributed by atoms with E-state index in [1.807, 2.05) is 25.2 Å². The minimum atomic E-state index is -0.542. The summed E-state index contributed by atoms with van der Waals surface area (Å²) in [6, 6.07) is -0.542. The Morgan fingerprint density at radius 2 is 2.33 bits per heavy atom. The Morgan fingerprint density at radius 1 is 1.53 bits per heavy atom. The van der Waals surface area contributed by atoms with Crippen molar-refractivity contribution in [3.63, 3.8) is 0 Å². The average Bonchev–Trinajstić information content (AvgIpc) is 2.38. The van der Waals surface area contributed by atoms with Gasteiger partial charge >= 0.3 is 6.03 Å². The zero-order valence-corrected chi connectivity index (χ0v) is 8.62. The summed E-state index contributed by atoms with van der Waals surface area (Å²) in [6.07, 6.45) is 7.41. The molecule has 4 nitrogen and oxygen atoms in total. The van der Waals surface area contributed by atoms with Gasteiger partial charge in [0.2, 0.25) is 0 Å². The molecule has 1 aliphatic carbocycles.